The lowest BCUT2D eigenvalue weighted by Crippen LogP contribution is -2.21. The Balaban J connectivity index is 2.00. The smallest absolute Gasteiger partial charge is 0.339 e. The van der Waals surface area contributed by atoms with Crippen LogP contribution >= 0.6 is 0 Å². The molecule has 0 aromatic heterocycles. The second kappa shape index (κ2) is 8.58. The minimum Gasteiger partial charge on any atom is -0.452 e. The maximum Gasteiger partial charge on any atom is 0.339 e. The lowest BCUT2D eigenvalue weighted by atomic mass is 10.1. The Hall–Kier alpha value is -2.47. The van der Waals surface area contributed by atoms with Gasteiger partial charge in [-0.1, -0.05) is 25.1 Å². The van der Waals surface area contributed by atoms with Gasteiger partial charge in [0.15, 0.2) is 6.61 Å². The minimum atomic E-state index is -1.27. The number of benzene rings is 2. The Morgan fingerprint density at radius 2 is 1.72 bits per heavy atom. The van der Waals surface area contributed by atoms with Gasteiger partial charge in [0.1, 0.15) is 0 Å². The third-order valence-corrected chi connectivity index (χ3v) is 4.83. The molecule has 1 atom stereocenters. The van der Waals surface area contributed by atoms with Crippen molar-refractivity contribution in [1.29, 1.82) is 0 Å². The van der Waals surface area contributed by atoms with Crippen LogP contribution in [-0.4, -0.2) is 28.4 Å². The van der Waals surface area contributed by atoms with Crippen molar-refractivity contribution >= 4 is 28.4 Å². The highest BCUT2D eigenvalue weighted by atomic mass is 32.2. The molecule has 25 heavy (non-hydrogen) atoms. The number of anilines is 1. The summed E-state index contributed by atoms with van der Waals surface area (Å²) in [5.74, 6) is -0.683. The molecule has 0 unspecified atom stereocenters. The number of rotatable bonds is 6. The highest BCUT2D eigenvalue weighted by molar-refractivity contribution is 7.85. The van der Waals surface area contributed by atoms with Crippen molar-refractivity contribution in [2.24, 2.45) is 0 Å². The van der Waals surface area contributed by atoms with Crippen LogP contribution in [-0.2, 0) is 20.3 Å². The first-order chi connectivity index (χ1) is 11.9. The van der Waals surface area contributed by atoms with Gasteiger partial charge in [0.25, 0.3) is 5.91 Å². The highest BCUT2D eigenvalue weighted by Gasteiger charge is 2.17. The topological polar surface area (TPSA) is 72.5 Å². The van der Waals surface area contributed by atoms with Crippen LogP contribution in [0, 0.1) is 13.8 Å². The van der Waals surface area contributed by atoms with Crippen molar-refractivity contribution < 1.29 is 18.5 Å². The van der Waals surface area contributed by atoms with Gasteiger partial charge in [-0.05, 0) is 49.2 Å². The zero-order valence-corrected chi connectivity index (χ0v) is 15.3. The zero-order chi connectivity index (χ0) is 18.4. The van der Waals surface area contributed by atoms with Crippen LogP contribution in [0.15, 0.2) is 47.4 Å². The molecule has 0 saturated carbocycles. The molecule has 6 heteroatoms. The number of ether oxygens (including phenoxy) is 1. The maximum atomic E-state index is 12.2. The zero-order valence-electron chi connectivity index (χ0n) is 14.5. The molecule has 0 aliphatic heterocycles. The number of hydrogen-bond donors (Lipinski definition) is 1. The fourth-order valence-corrected chi connectivity index (χ4v) is 3.38. The Morgan fingerprint density at radius 3 is 2.36 bits per heavy atom. The first kappa shape index (κ1) is 18.9. The Bertz CT molecular complexity index is 797. The summed E-state index contributed by atoms with van der Waals surface area (Å²) in [6.45, 7) is 5.25. The van der Waals surface area contributed by atoms with E-state index in [9.17, 15) is 13.8 Å². The van der Waals surface area contributed by atoms with Crippen molar-refractivity contribution in [2.45, 2.75) is 25.7 Å². The second-order valence-electron chi connectivity index (χ2n) is 5.63. The van der Waals surface area contributed by atoms with Gasteiger partial charge in [-0.15, -0.1) is 0 Å². The molecular formula is C19H21NO4S. The van der Waals surface area contributed by atoms with Crippen LogP contribution in [0.1, 0.15) is 28.4 Å². The molecule has 5 nitrogen and oxygen atoms in total. The summed E-state index contributed by atoms with van der Waals surface area (Å²) in [6, 6.07) is 12.2. The first-order valence-corrected chi connectivity index (χ1v) is 9.25. The monoisotopic (exact) mass is 359 g/mol. The lowest BCUT2D eigenvalue weighted by Gasteiger charge is -2.10. The number of aryl methyl sites for hydroxylation is 2. The van der Waals surface area contributed by atoms with E-state index < -0.39 is 29.3 Å². The molecule has 0 saturated heterocycles. The van der Waals surface area contributed by atoms with Crippen molar-refractivity contribution in [3.05, 3.63) is 59.2 Å². The van der Waals surface area contributed by atoms with E-state index in [4.69, 9.17) is 4.74 Å². The van der Waals surface area contributed by atoms with E-state index in [1.807, 2.05) is 32.0 Å². The van der Waals surface area contributed by atoms with Gasteiger partial charge < -0.3 is 10.1 Å². The molecular weight excluding hydrogens is 338 g/mol. The minimum absolute atomic E-state index is 0.224. The molecule has 0 fully saturated rings. The number of nitrogens with one attached hydrogen (secondary N) is 1. The molecule has 1 amide bonds. The van der Waals surface area contributed by atoms with Crippen LogP contribution in [0.3, 0.4) is 0 Å². The first-order valence-electron chi connectivity index (χ1n) is 7.93. The number of carbonyl (C=O) groups excluding carboxylic acids is 2. The summed E-state index contributed by atoms with van der Waals surface area (Å²) >= 11 is 0. The van der Waals surface area contributed by atoms with E-state index in [1.165, 1.54) is 0 Å². The summed E-state index contributed by atoms with van der Waals surface area (Å²) in [6.07, 6.45) is 0. The van der Waals surface area contributed by atoms with Crippen LogP contribution in [0.25, 0.3) is 0 Å². The van der Waals surface area contributed by atoms with E-state index in [1.54, 1.807) is 31.2 Å². The standard InChI is InChI=1S/C19H21NO4S/c1-4-25(23)17-8-6-5-7-16(17)19(22)24-12-18(21)20-15-10-13(2)9-14(3)11-15/h5-11H,4,12H2,1-3H3,(H,20,21)/t25-/m1/s1. The van der Waals surface area contributed by atoms with Crippen LogP contribution in [0.2, 0.25) is 0 Å². The van der Waals surface area contributed by atoms with Gasteiger partial charge in [-0.3, -0.25) is 9.00 Å². The summed E-state index contributed by atoms with van der Waals surface area (Å²) in [7, 11) is -1.27. The molecule has 132 valence electrons. The third kappa shape index (κ3) is 5.26. The molecule has 2 rings (SSSR count). The van der Waals surface area contributed by atoms with E-state index >= 15 is 0 Å². The van der Waals surface area contributed by atoms with Crippen molar-refractivity contribution in [1.82, 2.24) is 0 Å². The number of esters is 1. The van der Waals surface area contributed by atoms with Crippen molar-refractivity contribution in [2.75, 3.05) is 17.7 Å². The Kier molecular flexibility index (Phi) is 6.47. The molecule has 2 aromatic carbocycles. The molecule has 2 aromatic rings. The average Bonchev–Trinajstić information content (AvgIpc) is 2.58. The SMILES string of the molecule is CC[S@@](=O)c1ccccc1C(=O)OCC(=O)Nc1cc(C)cc(C)c1. The largest absolute Gasteiger partial charge is 0.452 e. The molecule has 0 heterocycles. The number of amides is 1. The van der Waals surface area contributed by atoms with Crippen LogP contribution in [0.4, 0.5) is 5.69 Å². The Labute approximate surface area is 149 Å². The molecule has 0 aliphatic carbocycles. The third-order valence-electron chi connectivity index (χ3n) is 3.45. The van der Waals surface area contributed by atoms with Crippen LogP contribution < -0.4 is 5.32 Å². The summed E-state index contributed by atoms with van der Waals surface area (Å²) in [5, 5.41) is 2.70. The normalized spacial score (nSPS) is 11.6. The predicted octanol–water partition coefficient (Wildman–Crippen LogP) is 3.23. The van der Waals surface area contributed by atoms with E-state index in [2.05, 4.69) is 5.32 Å². The highest BCUT2D eigenvalue weighted by Crippen LogP contribution is 2.16. The number of carbonyl (C=O) groups is 2. The quantitative estimate of drug-likeness (QED) is 0.804. The fourth-order valence-electron chi connectivity index (χ4n) is 2.44. The molecule has 0 bridgehead atoms. The fraction of sp³-hybridized carbons (Fsp3) is 0.263. The maximum absolute atomic E-state index is 12.2. The van der Waals surface area contributed by atoms with Gasteiger partial charge in [0.2, 0.25) is 0 Å². The van der Waals surface area contributed by atoms with Gasteiger partial charge in [-0.25, -0.2) is 4.79 Å². The summed E-state index contributed by atoms with van der Waals surface area (Å²) in [5.41, 5.74) is 2.94. The van der Waals surface area contributed by atoms with Crippen LogP contribution in [0.5, 0.6) is 0 Å². The van der Waals surface area contributed by atoms with Gasteiger partial charge >= 0.3 is 5.97 Å². The van der Waals surface area contributed by atoms with E-state index in [0.717, 1.165) is 11.1 Å². The molecule has 1 N–H and O–H groups in total. The van der Waals surface area contributed by atoms with Crippen molar-refractivity contribution in [3.63, 3.8) is 0 Å². The summed E-state index contributed by atoms with van der Waals surface area (Å²) in [4.78, 5) is 24.6. The van der Waals surface area contributed by atoms with Gasteiger partial charge in [0.05, 0.1) is 21.3 Å². The molecule has 0 aliphatic rings. The Morgan fingerprint density at radius 1 is 1.08 bits per heavy atom. The summed E-state index contributed by atoms with van der Waals surface area (Å²) < 4.78 is 17.1. The van der Waals surface area contributed by atoms with E-state index in [-0.39, 0.29) is 5.56 Å². The molecule has 0 spiro atoms. The van der Waals surface area contributed by atoms with E-state index in [0.29, 0.717) is 16.3 Å². The average molecular weight is 359 g/mol. The predicted molar refractivity (Wildman–Crippen MR) is 98.2 cm³/mol. The molecule has 0 radical (unpaired) electrons. The number of hydrogen-bond acceptors (Lipinski definition) is 4. The second-order valence-corrected chi connectivity index (χ2v) is 7.34. The van der Waals surface area contributed by atoms with Gasteiger partial charge in [-0.2, -0.15) is 0 Å². The van der Waals surface area contributed by atoms with Gasteiger partial charge in [0, 0.05) is 11.4 Å². The lowest BCUT2D eigenvalue weighted by molar-refractivity contribution is -0.119. The van der Waals surface area contributed by atoms with Crippen molar-refractivity contribution in [3.8, 4) is 0 Å².